The van der Waals surface area contributed by atoms with Crippen molar-refractivity contribution in [3.63, 3.8) is 0 Å². The van der Waals surface area contributed by atoms with Crippen LogP contribution in [-0.4, -0.2) is 24.8 Å². The van der Waals surface area contributed by atoms with Gasteiger partial charge in [0.25, 0.3) is 0 Å². The molecule has 0 amide bonds. The Bertz CT molecular complexity index is 290. The normalized spacial score (nSPS) is 31.0. The highest BCUT2D eigenvalue weighted by atomic mass is 16.5. The summed E-state index contributed by atoms with van der Waals surface area (Å²) in [7, 11) is 0. The minimum absolute atomic E-state index is 0.290. The summed E-state index contributed by atoms with van der Waals surface area (Å²) in [6.45, 7) is 6.33. The van der Waals surface area contributed by atoms with Gasteiger partial charge in [-0.15, -0.1) is 0 Å². The van der Waals surface area contributed by atoms with Crippen LogP contribution in [0.3, 0.4) is 0 Å². The number of nitrogens with zero attached hydrogens (tertiary/aromatic N) is 1. The van der Waals surface area contributed by atoms with E-state index in [2.05, 4.69) is 25.2 Å². The van der Waals surface area contributed by atoms with E-state index in [0.717, 1.165) is 45.3 Å². The minimum atomic E-state index is -0.290. The predicted octanol–water partition coefficient (Wildman–Crippen LogP) is 2.62. The second-order valence-electron chi connectivity index (χ2n) is 6.37. The summed E-state index contributed by atoms with van der Waals surface area (Å²) in [5.41, 5.74) is 0.118. The molecule has 1 atom stereocenters. The summed E-state index contributed by atoms with van der Waals surface area (Å²) in [5.74, 6) is 0. The average molecular weight is 236 g/mol. The molecule has 1 unspecified atom stereocenters. The van der Waals surface area contributed by atoms with Gasteiger partial charge in [0.2, 0.25) is 0 Å². The number of hydrogen-bond acceptors (Lipinski definition) is 3. The molecule has 17 heavy (non-hydrogen) atoms. The van der Waals surface area contributed by atoms with Crippen molar-refractivity contribution in [1.29, 1.82) is 5.26 Å². The van der Waals surface area contributed by atoms with E-state index in [0.29, 0.717) is 11.5 Å². The van der Waals surface area contributed by atoms with Crippen LogP contribution in [0.1, 0.15) is 52.4 Å². The number of nitriles is 1. The van der Waals surface area contributed by atoms with Gasteiger partial charge in [-0.05, 0) is 43.9 Å². The fourth-order valence-corrected chi connectivity index (χ4v) is 2.80. The van der Waals surface area contributed by atoms with Gasteiger partial charge in [-0.1, -0.05) is 13.8 Å². The van der Waals surface area contributed by atoms with E-state index in [-0.39, 0.29) is 5.54 Å². The van der Waals surface area contributed by atoms with E-state index in [9.17, 15) is 5.26 Å². The van der Waals surface area contributed by atoms with Crippen LogP contribution in [0.15, 0.2) is 0 Å². The molecule has 2 fully saturated rings. The maximum atomic E-state index is 9.43. The van der Waals surface area contributed by atoms with Crippen LogP contribution in [0.4, 0.5) is 0 Å². The summed E-state index contributed by atoms with van der Waals surface area (Å²) < 4.78 is 5.60. The van der Waals surface area contributed by atoms with E-state index in [1.807, 2.05) is 0 Å². The van der Waals surface area contributed by atoms with Crippen LogP contribution in [0.25, 0.3) is 0 Å². The van der Waals surface area contributed by atoms with Gasteiger partial charge in [-0.3, -0.25) is 5.32 Å². The first kappa shape index (κ1) is 12.9. The van der Waals surface area contributed by atoms with Crippen molar-refractivity contribution in [2.45, 2.75) is 64.0 Å². The van der Waals surface area contributed by atoms with Gasteiger partial charge < -0.3 is 4.74 Å². The molecule has 2 aliphatic rings. The lowest BCUT2D eigenvalue weighted by Gasteiger charge is -2.40. The monoisotopic (exact) mass is 236 g/mol. The largest absolute Gasteiger partial charge is 0.377 e. The second-order valence-corrected chi connectivity index (χ2v) is 6.37. The highest BCUT2D eigenvalue weighted by Gasteiger charge is 2.38. The van der Waals surface area contributed by atoms with Crippen LogP contribution >= 0.6 is 0 Å². The Labute approximate surface area is 105 Å². The zero-order valence-electron chi connectivity index (χ0n) is 11.1. The summed E-state index contributed by atoms with van der Waals surface area (Å²) in [5, 5.41) is 12.9. The van der Waals surface area contributed by atoms with Crippen LogP contribution in [0, 0.1) is 16.7 Å². The highest BCUT2D eigenvalue weighted by Crippen LogP contribution is 2.39. The van der Waals surface area contributed by atoms with Gasteiger partial charge >= 0.3 is 0 Å². The molecule has 1 aliphatic carbocycles. The van der Waals surface area contributed by atoms with Crippen molar-refractivity contribution in [2.75, 3.05) is 13.2 Å². The molecule has 1 heterocycles. The second kappa shape index (κ2) is 4.96. The van der Waals surface area contributed by atoms with Gasteiger partial charge in [-0.25, -0.2) is 0 Å². The third-order valence-electron chi connectivity index (χ3n) is 4.36. The van der Waals surface area contributed by atoms with Crippen molar-refractivity contribution < 1.29 is 4.74 Å². The summed E-state index contributed by atoms with van der Waals surface area (Å²) in [6, 6.07) is 2.51. The van der Waals surface area contributed by atoms with Gasteiger partial charge in [0.1, 0.15) is 5.54 Å². The van der Waals surface area contributed by atoms with E-state index >= 15 is 0 Å². The highest BCUT2D eigenvalue weighted by molar-refractivity contribution is 5.10. The molecule has 1 saturated heterocycles. The Morgan fingerprint density at radius 3 is 2.53 bits per heavy atom. The fourth-order valence-electron chi connectivity index (χ4n) is 2.80. The fraction of sp³-hybridized carbons (Fsp3) is 0.929. The van der Waals surface area contributed by atoms with E-state index < -0.39 is 0 Å². The van der Waals surface area contributed by atoms with Gasteiger partial charge in [0.05, 0.1) is 12.2 Å². The molecule has 0 aromatic heterocycles. The smallest absolute Gasteiger partial charge is 0.106 e. The van der Waals surface area contributed by atoms with Crippen LogP contribution in [0.5, 0.6) is 0 Å². The van der Waals surface area contributed by atoms with Crippen molar-refractivity contribution in [2.24, 2.45) is 5.41 Å². The Morgan fingerprint density at radius 1 is 1.29 bits per heavy atom. The van der Waals surface area contributed by atoms with Gasteiger partial charge in [0, 0.05) is 13.2 Å². The molecular weight excluding hydrogens is 212 g/mol. The first-order chi connectivity index (χ1) is 8.05. The SMILES string of the molecule is CC1(C)CCC(C#N)(NCC2CCCO2)CC1. The van der Waals surface area contributed by atoms with E-state index in [1.165, 1.54) is 6.42 Å². The molecule has 1 N–H and O–H groups in total. The Morgan fingerprint density at radius 2 is 2.00 bits per heavy atom. The molecule has 0 spiro atoms. The predicted molar refractivity (Wildman–Crippen MR) is 67.6 cm³/mol. The first-order valence-corrected chi connectivity index (χ1v) is 6.83. The summed E-state index contributed by atoms with van der Waals surface area (Å²) in [6.07, 6.45) is 6.86. The minimum Gasteiger partial charge on any atom is -0.377 e. The molecule has 3 heteroatoms. The molecule has 96 valence electrons. The average Bonchev–Trinajstić information content (AvgIpc) is 2.82. The van der Waals surface area contributed by atoms with Crippen molar-refractivity contribution >= 4 is 0 Å². The quantitative estimate of drug-likeness (QED) is 0.819. The van der Waals surface area contributed by atoms with Crippen molar-refractivity contribution in [1.82, 2.24) is 5.32 Å². The molecule has 0 radical (unpaired) electrons. The van der Waals surface area contributed by atoms with Crippen LogP contribution in [0.2, 0.25) is 0 Å². The summed E-state index contributed by atoms with van der Waals surface area (Å²) >= 11 is 0. The maximum absolute atomic E-state index is 9.43. The van der Waals surface area contributed by atoms with Crippen molar-refractivity contribution in [3.05, 3.63) is 0 Å². The lowest BCUT2D eigenvalue weighted by Crippen LogP contribution is -2.50. The van der Waals surface area contributed by atoms with Crippen LogP contribution < -0.4 is 5.32 Å². The molecular formula is C14H24N2O. The molecule has 1 aliphatic heterocycles. The first-order valence-electron chi connectivity index (χ1n) is 6.83. The van der Waals surface area contributed by atoms with Crippen LogP contribution in [-0.2, 0) is 4.74 Å². The van der Waals surface area contributed by atoms with E-state index in [1.54, 1.807) is 0 Å². The summed E-state index contributed by atoms with van der Waals surface area (Å²) in [4.78, 5) is 0. The number of nitrogens with one attached hydrogen (secondary N) is 1. The molecule has 1 saturated carbocycles. The molecule has 0 aromatic rings. The Balaban J connectivity index is 1.85. The molecule has 3 nitrogen and oxygen atoms in total. The zero-order valence-corrected chi connectivity index (χ0v) is 11.1. The standard InChI is InChI=1S/C14H24N2O/c1-13(2)5-7-14(11-15,8-6-13)16-10-12-4-3-9-17-12/h12,16H,3-10H2,1-2H3. The lowest BCUT2D eigenvalue weighted by atomic mass is 9.70. The topological polar surface area (TPSA) is 45.0 Å². The van der Waals surface area contributed by atoms with E-state index in [4.69, 9.17) is 4.74 Å². The zero-order chi connectivity index (χ0) is 12.4. The molecule has 0 bridgehead atoms. The third kappa shape index (κ3) is 3.20. The molecule has 2 rings (SSSR count). The molecule has 0 aromatic carbocycles. The number of ether oxygens (including phenoxy) is 1. The Hall–Kier alpha value is -0.590. The number of hydrogen-bond donors (Lipinski definition) is 1. The Kier molecular flexibility index (Phi) is 3.75. The van der Waals surface area contributed by atoms with Gasteiger partial charge in [-0.2, -0.15) is 5.26 Å². The maximum Gasteiger partial charge on any atom is 0.106 e. The third-order valence-corrected chi connectivity index (χ3v) is 4.36. The van der Waals surface area contributed by atoms with Crippen molar-refractivity contribution in [3.8, 4) is 6.07 Å². The lowest BCUT2D eigenvalue weighted by molar-refractivity contribution is 0.0939. The number of rotatable bonds is 3. The van der Waals surface area contributed by atoms with Gasteiger partial charge in [0.15, 0.2) is 0 Å².